The fraction of sp³-hybridized carbons (Fsp3) is 0.286. The number of anilines is 1. The molecule has 1 heterocycles. The maximum absolute atomic E-state index is 12.9. The number of hydrogen-bond acceptors (Lipinski definition) is 5. The Morgan fingerprint density at radius 3 is 2.38 bits per heavy atom. The molecule has 8 nitrogen and oxygen atoms in total. The van der Waals surface area contributed by atoms with Gasteiger partial charge in [-0.05, 0) is 63.9 Å². The fourth-order valence-corrected chi connectivity index (χ4v) is 4.34. The van der Waals surface area contributed by atoms with Crippen LogP contribution < -0.4 is 15.7 Å². The van der Waals surface area contributed by atoms with Gasteiger partial charge >= 0.3 is 14.2 Å². The highest BCUT2D eigenvalue weighted by molar-refractivity contribution is 7.30. The summed E-state index contributed by atoms with van der Waals surface area (Å²) in [5, 5.41) is 5.42. The van der Waals surface area contributed by atoms with E-state index in [1.165, 1.54) is 0 Å². The quantitative estimate of drug-likeness (QED) is 0.170. The van der Waals surface area contributed by atoms with E-state index in [0.717, 1.165) is 68.7 Å². The van der Waals surface area contributed by atoms with Gasteiger partial charge in [-0.15, -0.1) is 9.79 Å². The summed E-state index contributed by atoms with van der Waals surface area (Å²) >= 11 is 0. The van der Waals surface area contributed by atoms with E-state index in [1.807, 2.05) is 31.2 Å². The maximum atomic E-state index is 12.9. The van der Waals surface area contributed by atoms with Crippen LogP contribution in [0.5, 0.6) is 0 Å². The summed E-state index contributed by atoms with van der Waals surface area (Å²) in [5.41, 5.74) is 7.38. The van der Waals surface area contributed by atoms with Crippen LogP contribution in [0.15, 0.2) is 52.9 Å². The van der Waals surface area contributed by atoms with Crippen molar-refractivity contribution in [2.45, 2.75) is 34.6 Å². The number of hydrogen-bond donors (Lipinski definition) is 4. The molecule has 1 aliphatic carbocycles. The van der Waals surface area contributed by atoms with Crippen LogP contribution in [-0.4, -0.2) is 35.5 Å². The van der Waals surface area contributed by atoms with Crippen LogP contribution in [0.25, 0.3) is 33.4 Å². The Morgan fingerprint density at radius 1 is 1.03 bits per heavy atom. The number of nitrogens with one attached hydrogen (secondary N) is 2. The SMILES string of the molecule is CCNc1cc2oc3cc(=[NH+]CC)c(C)cc-3c(-c3ccccc3C(=O)OCC)c2cc1C.O=[P+](O)O. The van der Waals surface area contributed by atoms with E-state index in [0.29, 0.717) is 12.2 Å². The minimum absolute atomic E-state index is 0.322. The maximum Gasteiger partial charge on any atom is 0.692 e. The summed E-state index contributed by atoms with van der Waals surface area (Å²) in [7, 11) is -2.87. The number of rotatable bonds is 6. The summed E-state index contributed by atoms with van der Waals surface area (Å²) in [6.07, 6.45) is 0. The average molecular weight is 525 g/mol. The zero-order valence-corrected chi connectivity index (χ0v) is 22.6. The second-order valence-corrected chi connectivity index (χ2v) is 8.89. The van der Waals surface area contributed by atoms with Crippen molar-refractivity contribution in [1.29, 1.82) is 0 Å². The third-order valence-electron chi connectivity index (χ3n) is 5.84. The Morgan fingerprint density at radius 2 is 1.73 bits per heavy atom. The molecular weight excluding hydrogens is 491 g/mol. The van der Waals surface area contributed by atoms with E-state index in [1.54, 1.807) is 0 Å². The highest BCUT2D eigenvalue weighted by atomic mass is 31.1. The third-order valence-corrected chi connectivity index (χ3v) is 5.84. The highest BCUT2D eigenvalue weighted by Gasteiger charge is 2.23. The molecule has 0 atom stereocenters. The monoisotopic (exact) mass is 524 g/mol. The van der Waals surface area contributed by atoms with E-state index in [9.17, 15) is 4.79 Å². The van der Waals surface area contributed by atoms with Gasteiger partial charge in [-0.3, -0.25) is 0 Å². The summed E-state index contributed by atoms with van der Waals surface area (Å²) in [5.74, 6) is 0.446. The van der Waals surface area contributed by atoms with Crippen molar-refractivity contribution in [3.8, 4) is 22.5 Å². The van der Waals surface area contributed by atoms with E-state index < -0.39 is 8.25 Å². The van der Waals surface area contributed by atoms with Crippen molar-refractivity contribution in [3.63, 3.8) is 0 Å². The summed E-state index contributed by atoms with van der Waals surface area (Å²) in [6.45, 7) is 12.1. The first kappa shape index (κ1) is 28.0. The molecule has 2 aliphatic rings. The van der Waals surface area contributed by atoms with Gasteiger partial charge in [0.25, 0.3) is 0 Å². The lowest BCUT2D eigenvalue weighted by molar-refractivity contribution is -0.496. The van der Waals surface area contributed by atoms with Gasteiger partial charge in [-0.2, -0.15) is 0 Å². The van der Waals surface area contributed by atoms with E-state index in [-0.39, 0.29) is 5.97 Å². The van der Waals surface area contributed by atoms with Crippen LogP contribution in [-0.2, 0) is 9.30 Å². The summed E-state index contributed by atoms with van der Waals surface area (Å²) in [6, 6.07) is 16.0. The minimum Gasteiger partial charge on any atom is -0.462 e. The number of benzene rings is 3. The molecule has 0 aromatic heterocycles. The van der Waals surface area contributed by atoms with Crippen LogP contribution >= 0.6 is 8.25 Å². The highest BCUT2D eigenvalue weighted by Crippen LogP contribution is 2.42. The fourth-order valence-electron chi connectivity index (χ4n) is 4.34. The summed E-state index contributed by atoms with van der Waals surface area (Å²) in [4.78, 5) is 30.5. The van der Waals surface area contributed by atoms with Crippen molar-refractivity contribution < 1.29 is 33.3 Å². The molecule has 0 bridgehead atoms. The molecule has 1 aliphatic heterocycles. The van der Waals surface area contributed by atoms with E-state index >= 15 is 0 Å². The Labute approximate surface area is 216 Å². The zero-order valence-electron chi connectivity index (χ0n) is 21.7. The second kappa shape index (κ2) is 12.6. The predicted molar refractivity (Wildman–Crippen MR) is 145 cm³/mol. The molecule has 194 valence electrons. The van der Waals surface area contributed by atoms with Crippen molar-refractivity contribution in [3.05, 3.63) is 70.6 Å². The molecular formula is C28H33N2O6P+2. The first-order valence-electron chi connectivity index (χ1n) is 12.2. The van der Waals surface area contributed by atoms with Gasteiger partial charge < -0.3 is 14.5 Å². The number of fused-ring (bicyclic) bond motifs is 2. The molecule has 9 heteroatoms. The Hall–Kier alpha value is -3.58. The molecule has 0 unspecified atom stereocenters. The molecule has 0 saturated carbocycles. The largest absolute Gasteiger partial charge is 0.692 e. The van der Waals surface area contributed by atoms with Crippen molar-refractivity contribution in [1.82, 2.24) is 0 Å². The second-order valence-electron chi connectivity index (χ2n) is 8.38. The molecule has 0 fully saturated rings. The lowest BCUT2D eigenvalue weighted by Crippen LogP contribution is -2.76. The molecule has 2 aromatic rings. The van der Waals surface area contributed by atoms with Gasteiger partial charge in [0.05, 0.1) is 18.2 Å². The van der Waals surface area contributed by atoms with Crippen LogP contribution in [0.4, 0.5) is 5.69 Å². The number of esters is 1. The third kappa shape index (κ3) is 6.41. The van der Waals surface area contributed by atoms with E-state index in [4.69, 9.17) is 23.5 Å². The van der Waals surface area contributed by atoms with Crippen LogP contribution in [0.3, 0.4) is 0 Å². The van der Waals surface area contributed by atoms with Gasteiger partial charge in [0.1, 0.15) is 17.9 Å². The molecule has 0 radical (unpaired) electrons. The van der Waals surface area contributed by atoms with Gasteiger partial charge in [0.15, 0.2) is 0 Å². The van der Waals surface area contributed by atoms with Gasteiger partial charge in [-0.25, -0.2) is 9.79 Å². The first-order valence-corrected chi connectivity index (χ1v) is 13.3. The van der Waals surface area contributed by atoms with E-state index in [2.05, 4.69) is 62.3 Å². The number of aryl methyl sites for hydroxylation is 2. The first-order chi connectivity index (χ1) is 17.7. The zero-order chi connectivity index (χ0) is 27.1. The molecule has 0 saturated heterocycles. The van der Waals surface area contributed by atoms with Crippen molar-refractivity contribution >= 4 is 30.9 Å². The Bertz CT molecular complexity index is 1470. The van der Waals surface area contributed by atoms with Gasteiger partial charge in [0.2, 0.25) is 5.36 Å². The smallest absolute Gasteiger partial charge is 0.462 e. The lowest BCUT2D eigenvalue weighted by atomic mass is 9.89. The number of carbonyl (C=O) groups excluding carboxylic acids is 1. The lowest BCUT2D eigenvalue weighted by Gasteiger charge is -2.19. The number of carbonyl (C=O) groups is 1. The molecule has 4 N–H and O–H groups in total. The average Bonchev–Trinajstić information content (AvgIpc) is 2.84. The predicted octanol–water partition coefficient (Wildman–Crippen LogP) is 4.06. The van der Waals surface area contributed by atoms with Crippen molar-refractivity contribution in [2.24, 2.45) is 0 Å². The van der Waals surface area contributed by atoms with Gasteiger partial charge in [0, 0.05) is 44.9 Å². The molecule has 2 aromatic carbocycles. The number of ether oxygens (including phenoxy) is 1. The molecule has 0 amide bonds. The van der Waals surface area contributed by atoms with Crippen LogP contribution in [0.2, 0.25) is 0 Å². The molecule has 37 heavy (non-hydrogen) atoms. The molecule has 4 rings (SSSR count). The normalized spacial score (nSPS) is 11.3. The van der Waals surface area contributed by atoms with Crippen molar-refractivity contribution in [2.75, 3.05) is 25.0 Å². The Kier molecular flexibility index (Phi) is 9.53. The topological polar surface area (TPSA) is 123 Å². The summed E-state index contributed by atoms with van der Waals surface area (Å²) < 4.78 is 20.5. The van der Waals surface area contributed by atoms with Crippen LogP contribution in [0.1, 0.15) is 42.3 Å². The standard InChI is InChI=1S/C28H30N2O3.HO3P/c1-6-29-23-15-25-21(13-17(23)4)27(19-11-9-10-12-20(19)28(31)32-8-3)22-14-18(5)24(30-7-2)16-26(22)33-25;1-4(2)3/h9-16,29H,6-8H2,1-5H3;(H-,1,2,3)/p+2. The minimum atomic E-state index is -2.87. The Balaban J connectivity index is 0.000000886. The van der Waals surface area contributed by atoms with Crippen LogP contribution in [0, 0.1) is 13.8 Å². The van der Waals surface area contributed by atoms with Gasteiger partial charge in [-0.1, -0.05) is 18.2 Å². The molecule has 0 spiro atoms.